The number of nitrogens with one attached hydrogen (secondary N) is 1. The van der Waals surface area contributed by atoms with Gasteiger partial charge >= 0.3 is 6.18 Å². The Morgan fingerprint density at radius 1 is 1.20 bits per heavy atom. The van der Waals surface area contributed by atoms with Crippen LogP contribution in [0.3, 0.4) is 0 Å². The number of nitrogens with zero attached hydrogens (tertiary/aromatic N) is 2. The molecule has 0 aliphatic heterocycles. The van der Waals surface area contributed by atoms with E-state index in [2.05, 4.69) is 31.3 Å². The van der Waals surface area contributed by atoms with Crippen molar-refractivity contribution >= 4 is 27.3 Å². The molecule has 30 heavy (non-hydrogen) atoms. The lowest BCUT2D eigenvalue weighted by Crippen LogP contribution is -2.39. The Labute approximate surface area is 175 Å². The highest BCUT2D eigenvalue weighted by Gasteiger charge is 2.32. The van der Waals surface area contributed by atoms with Crippen LogP contribution < -0.4 is 9.73 Å². The molecule has 1 aliphatic rings. The van der Waals surface area contributed by atoms with Gasteiger partial charge in [0.05, 0.1) is 17.5 Å². The largest absolute Gasteiger partial charge is 0.416 e. The van der Waals surface area contributed by atoms with Crippen LogP contribution >= 0.6 is 0 Å². The predicted molar refractivity (Wildman–Crippen MR) is 111 cm³/mol. The summed E-state index contributed by atoms with van der Waals surface area (Å²) in [4.78, 5) is 12.3. The van der Waals surface area contributed by atoms with Crippen molar-refractivity contribution in [1.82, 2.24) is 5.43 Å². The number of benzene rings is 1. The molecule has 1 aromatic carbocycles. The molecular formula is C20H28F3N3O3S. The molecule has 0 unspecified atom stereocenters. The molecule has 0 saturated heterocycles. The maximum absolute atomic E-state index is 13.0. The standard InChI is InChI=1S/C20H28F3N3O3S/c1-19(2,3)14-8-10-16(11-9-14)24-25-18(27)13-26(30(4,28)29)17-7-5-6-15(12-17)20(21,22)23/h5-7,12,14H,8-11,13H2,1-4H3,(H,25,27). The van der Waals surface area contributed by atoms with E-state index in [0.717, 1.165) is 49.8 Å². The SMILES string of the molecule is CC(C)(C)C1CCC(=NNC(=O)CN(c2cccc(C(F)(F)F)c2)S(C)(=O)=O)CC1. The summed E-state index contributed by atoms with van der Waals surface area (Å²) in [6.45, 7) is 5.90. The Kier molecular flexibility index (Phi) is 7.21. The topological polar surface area (TPSA) is 78.8 Å². The van der Waals surface area contributed by atoms with Crippen LogP contribution in [0.4, 0.5) is 18.9 Å². The van der Waals surface area contributed by atoms with Crippen molar-refractivity contribution in [3.05, 3.63) is 29.8 Å². The van der Waals surface area contributed by atoms with Gasteiger partial charge in [0.15, 0.2) is 0 Å². The lowest BCUT2D eigenvalue weighted by Gasteiger charge is -2.34. The highest BCUT2D eigenvalue weighted by atomic mass is 32.2. The fraction of sp³-hybridized carbons (Fsp3) is 0.600. The molecule has 0 radical (unpaired) electrons. The minimum absolute atomic E-state index is 0.204. The van der Waals surface area contributed by atoms with Crippen LogP contribution in [0.25, 0.3) is 0 Å². The zero-order chi connectivity index (χ0) is 22.7. The van der Waals surface area contributed by atoms with E-state index in [1.54, 1.807) is 0 Å². The number of sulfonamides is 1. The number of carbonyl (C=O) groups excluding carboxylic acids is 1. The van der Waals surface area contributed by atoms with E-state index < -0.39 is 34.2 Å². The van der Waals surface area contributed by atoms with E-state index in [4.69, 9.17) is 0 Å². The normalized spacial score (nSPS) is 18.1. The first kappa shape index (κ1) is 24.2. The molecule has 1 aliphatic carbocycles. The number of rotatable bonds is 5. The summed E-state index contributed by atoms with van der Waals surface area (Å²) in [5, 5.41) is 4.10. The number of halogens is 3. The molecule has 1 fully saturated rings. The van der Waals surface area contributed by atoms with Gasteiger partial charge in [-0.2, -0.15) is 18.3 Å². The fourth-order valence-corrected chi connectivity index (χ4v) is 4.32. The molecule has 0 bridgehead atoms. The first-order chi connectivity index (χ1) is 13.7. The predicted octanol–water partition coefficient (Wildman–Crippen LogP) is 4.18. The maximum atomic E-state index is 13.0. The van der Waals surface area contributed by atoms with Crippen LogP contribution in [0.5, 0.6) is 0 Å². The molecule has 1 amide bonds. The average molecular weight is 448 g/mol. The molecule has 1 N–H and O–H groups in total. The Morgan fingerprint density at radius 2 is 1.80 bits per heavy atom. The molecule has 6 nitrogen and oxygen atoms in total. The van der Waals surface area contributed by atoms with Gasteiger partial charge in [-0.05, 0) is 55.2 Å². The molecule has 0 spiro atoms. The third kappa shape index (κ3) is 6.72. The number of hydrogen-bond donors (Lipinski definition) is 1. The molecule has 0 aromatic heterocycles. The van der Waals surface area contributed by atoms with Crippen LogP contribution in [-0.2, 0) is 21.0 Å². The average Bonchev–Trinajstić information content (AvgIpc) is 2.62. The van der Waals surface area contributed by atoms with Crippen LogP contribution in [0.15, 0.2) is 29.4 Å². The van der Waals surface area contributed by atoms with Crippen molar-refractivity contribution in [1.29, 1.82) is 0 Å². The monoisotopic (exact) mass is 447 g/mol. The lowest BCUT2D eigenvalue weighted by atomic mass is 9.72. The van der Waals surface area contributed by atoms with Gasteiger partial charge in [0.25, 0.3) is 5.91 Å². The first-order valence-electron chi connectivity index (χ1n) is 9.67. The van der Waals surface area contributed by atoms with Crippen LogP contribution in [0.1, 0.15) is 52.0 Å². The van der Waals surface area contributed by atoms with Gasteiger partial charge in [0.1, 0.15) is 6.54 Å². The van der Waals surface area contributed by atoms with Gasteiger partial charge in [-0.25, -0.2) is 13.8 Å². The van der Waals surface area contributed by atoms with Crippen LogP contribution in [-0.4, -0.2) is 32.8 Å². The van der Waals surface area contributed by atoms with Crippen molar-refractivity contribution in [3.8, 4) is 0 Å². The highest BCUT2D eigenvalue weighted by Crippen LogP contribution is 2.37. The molecule has 10 heteroatoms. The van der Waals surface area contributed by atoms with E-state index >= 15 is 0 Å². The third-order valence-electron chi connectivity index (χ3n) is 5.28. The quantitative estimate of drug-likeness (QED) is 0.688. The number of carbonyl (C=O) groups is 1. The molecule has 168 valence electrons. The van der Waals surface area contributed by atoms with Gasteiger partial charge in [0, 0.05) is 5.71 Å². The zero-order valence-corrected chi connectivity index (χ0v) is 18.4. The summed E-state index contributed by atoms with van der Waals surface area (Å²) in [7, 11) is -3.99. The molecule has 0 atom stereocenters. The molecule has 1 saturated carbocycles. The lowest BCUT2D eigenvalue weighted by molar-refractivity contribution is -0.137. The minimum atomic E-state index is -4.63. The smallest absolute Gasteiger partial charge is 0.271 e. The second-order valence-corrected chi connectivity index (χ2v) is 10.6. The van der Waals surface area contributed by atoms with Gasteiger partial charge < -0.3 is 0 Å². The number of alkyl halides is 3. The molecular weight excluding hydrogens is 419 g/mol. The van der Waals surface area contributed by atoms with Crippen molar-refractivity contribution < 1.29 is 26.4 Å². The Balaban J connectivity index is 2.07. The van der Waals surface area contributed by atoms with Crippen LogP contribution in [0.2, 0.25) is 0 Å². The third-order valence-corrected chi connectivity index (χ3v) is 6.42. The van der Waals surface area contributed by atoms with Crippen LogP contribution in [0, 0.1) is 11.3 Å². The van der Waals surface area contributed by atoms with Crippen molar-refractivity contribution in [2.75, 3.05) is 17.1 Å². The second kappa shape index (κ2) is 8.95. The summed E-state index contributed by atoms with van der Waals surface area (Å²) >= 11 is 0. The van der Waals surface area contributed by atoms with Gasteiger partial charge in [-0.3, -0.25) is 9.10 Å². The summed E-state index contributed by atoms with van der Waals surface area (Å²) in [6.07, 6.45) is -0.396. The van der Waals surface area contributed by atoms with Gasteiger partial charge in [-0.1, -0.05) is 26.8 Å². The Hall–Kier alpha value is -2.10. The number of anilines is 1. The van der Waals surface area contributed by atoms with E-state index in [0.29, 0.717) is 16.3 Å². The van der Waals surface area contributed by atoms with Gasteiger partial charge in [0.2, 0.25) is 10.0 Å². The van der Waals surface area contributed by atoms with Crippen molar-refractivity contribution in [2.45, 2.75) is 52.6 Å². The maximum Gasteiger partial charge on any atom is 0.416 e. The first-order valence-corrected chi connectivity index (χ1v) is 11.5. The van der Waals surface area contributed by atoms with E-state index in [-0.39, 0.29) is 11.1 Å². The van der Waals surface area contributed by atoms with Crippen molar-refractivity contribution in [3.63, 3.8) is 0 Å². The van der Waals surface area contributed by atoms with E-state index in [1.807, 2.05) is 0 Å². The molecule has 1 aromatic rings. The highest BCUT2D eigenvalue weighted by molar-refractivity contribution is 7.92. The number of hydrogen-bond acceptors (Lipinski definition) is 4. The zero-order valence-electron chi connectivity index (χ0n) is 17.6. The Bertz CT molecular complexity index is 896. The number of amides is 1. The van der Waals surface area contributed by atoms with Crippen molar-refractivity contribution in [2.24, 2.45) is 16.4 Å². The number of hydrazone groups is 1. The molecule has 0 heterocycles. The van der Waals surface area contributed by atoms with E-state index in [1.165, 1.54) is 6.07 Å². The summed E-state index contributed by atoms with van der Waals surface area (Å²) in [5.74, 6) is -0.155. The fourth-order valence-electron chi connectivity index (χ4n) is 3.47. The Morgan fingerprint density at radius 3 is 2.30 bits per heavy atom. The summed E-state index contributed by atoms with van der Waals surface area (Å²) < 4.78 is 63.7. The summed E-state index contributed by atoms with van der Waals surface area (Å²) in [6, 6.07) is 3.85. The van der Waals surface area contributed by atoms with E-state index in [9.17, 15) is 26.4 Å². The summed E-state index contributed by atoms with van der Waals surface area (Å²) in [5.41, 5.74) is 2.14. The second-order valence-electron chi connectivity index (χ2n) is 8.67. The molecule has 2 rings (SSSR count). The minimum Gasteiger partial charge on any atom is -0.271 e. The van der Waals surface area contributed by atoms with Gasteiger partial charge in [-0.15, -0.1) is 0 Å².